The zero-order valence-electron chi connectivity index (χ0n) is 14.2. The number of allylic oxidation sites excluding steroid dienone is 1. The van der Waals surface area contributed by atoms with Gasteiger partial charge in [0.05, 0.1) is 25.3 Å². The fourth-order valence-electron chi connectivity index (χ4n) is 2.42. The smallest absolute Gasteiger partial charge is 0.337 e. The highest BCUT2D eigenvalue weighted by Crippen LogP contribution is 2.34. The highest BCUT2D eigenvalue weighted by atomic mass is 32.1. The molecular formula is C17H22N2O4S. The molecule has 1 aromatic carbocycles. The minimum Gasteiger partial charge on any atom is -0.504 e. The molecule has 1 aliphatic heterocycles. The summed E-state index contributed by atoms with van der Waals surface area (Å²) >= 11 is 5.17. The van der Waals surface area contributed by atoms with Crippen molar-refractivity contribution >= 4 is 23.3 Å². The molecule has 0 unspecified atom stereocenters. The van der Waals surface area contributed by atoms with Crippen molar-refractivity contribution < 1.29 is 19.4 Å². The molecule has 0 saturated heterocycles. The number of methoxy groups -OCH3 is 1. The molecular weight excluding hydrogens is 328 g/mol. The number of rotatable bonds is 5. The van der Waals surface area contributed by atoms with Gasteiger partial charge in [0.25, 0.3) is 0 Å². The predicted octanol–water partition coefficient (Wildman–Crippen LogP) is 2.39. The van der Waals surface area contributed by atoms with Crippen molar-refractivity contribution in [1.29, 1.82) is 0 Å². The van der Waals surface area contributed by atoms with E-state index in [1.807, 2.05) is 13.8 Å². The number of benzene rings is 1. The summed E-state index contributed by atoms with van der Waals surface area (Å²) in [6.07, 6.45) is 0. The summed E-state index contributed by atoms with van der Waals surface area (Å²) < 4.78 is 10.4. The van der Waals surface area contributed by atoms with Crippen LogP contribution >= 0.6 is 12.2 Å². The lowest BCUT2D eigenvalue weighted by atomic mass is 9.95. The topological polar surface area (TPSA) is 79.8 Å². The molecule has 0 radical (unpaired) electrons. The van der Waals surface area contributed by atoms with Crippen molar-refractivity contribution in [2.24, 2.45) is 5.92 Å². The van der Waals surface area contributed by atoms with E-state index in [0.717, 1.165) is 0 Å². The Balaban J connectivity index is 2.35. The van der Waals surface area contributed by atoms with Crippen LogP contribution in [0.1, 0.15) is 32.4 Å². The van der Waals surface area contributed by atoms with Gasteiger partial charge in [0.2, 0.25) is 0 Å². The maximum atomic E-state index is 12.1. The maximum absolute atomic E-state index is 12.1. The second-order valence-electron chi connectivity index (χ2n) is 5.99. The molecule has 1 heterocycles. The first-order valence-electron chi connectivity index (χ1n) is 7.65. The van der Waals surface area contributed by atoms with Crippen LogP contribution in [0.5, 0.6) is 11.5 Å². The highest BCUT2D eigenvalue weighted by Gasteiger charge is 2.31. The monoisotopic (exact) mass is 350 g/mol. The summed E-state index contributed by atoms with van der Waals surface area (Å²) in [5.74, 6) is 0.314. The fraction of sp³-hybridized carbons (Fsp3) is 0.412. The molecule has 24 heavy (non-hydrogen) atoms. The Kier molecular flexibility index (Phi) is 5.66. The number of hydrogen-bond acceptors (Lipinski definition) is 5. The number of hydrogen-bond donors (Lipinski definition) is 3. The van der Waals surface area contributed by atoms with Gasteiger partial charge in [0, 0.05) is 5.70 Å². The number of esters is 1. The van der Waals surface area contributed by atoms with Crippen molar-refractivity contribution in [3.05, 3.63) is 35.0 Å². The van der Waals surface area contributed by atoms with Crippen molar-refractivity contribution in [2.45, 2.75) is 26.8 Å². The number of ether oxygens (including phenoxy) is 2. The van der Waals surface area contributed by atoms with E-state index in [-0.39, 0.29) is 5.75 Å². The Labute approximate surface area is 146 Å². The van der Waals surface area contributed by atoms with Crippen LogP contribution in [-0.2, 0) is 9.53 Å². The number of phenolic OH excluding ortho intramolecular Hbond substituents is 1. The summed E-state index contributed by atoms with van der Waals surface area (Å²) in [4.78, 5) is 12.1. The Morgan fingerprint density at radius 1 is 1.42 bits per heavy atom. The van der Waals surface area contributed by atoms with Crippen LogP contribution in [0.15, 0.2) is 29.5 Å². The minimum absolute atomic E-state index is 0.0151. The summed E-state index contributed by atoms with van der Waals surface area (Å²) in [5, 5.41) is 16.6. The van der Waals surface area contributed by atoms with E-state index in [4.69, 9.17) is 21.7 Å². The van der Waals surface area contributed by atoms with Crippen LogP contribution in [0, 0.1) is 5.92 Å². The Morgan fingerprint density at radius 2 is 2.12 bits per heavy atom. The van der Waals surface area contributed by atoms with Gasteiger partial charge in [-0.15, -0.1) is 0 Å². The molecule has 0 aliphatic carbocycles. The Morgan fingerprint density at radius 3 is 2.71 bits per heavy atom. The molecule has 0 aromatic heterocycles. The predicted molar refractivity (Wildman–Crippen MR) is 94.8 cm³/mol. The number of carbonyl (C=O) groups is 1. The maximum Gasteiger partial charge on any atom is 0.337 e. The second-order valence-corrected chi connectivity index (χ2v) is 6.40. The normalized spacial score (nSPS) is 17.4. The molecule has 0 amide bonds. The van der Waals surface area contributed by atoms with Crippen molar-refractivity contribution in [2.75, 3.05) is 13.7 Å². The standard InChI is InChI=1S/C17H22N2O4S/c1-9(2)8-23-13-6-5-11(7-12(13)20)15-14(16(21)22-4)10(3)18-17(24)19-15/h5-7,9,15,20H,8H2,1-4H3,(H2,18,19,24)/t15-/m1/s1. The van der Waals surface area contributed by atoms with E-state index in [1.54, 1.807) is 25.1 Å². The van der Waals surface area contributed by atoms with Gasteiger partial charge in [0.1, 0.15) is 0 Å². The average molecular weight is 350 g/mol. The summed E-state index contributed by atoms with van der Waals surface area (Å²) in [5.41, 5.74) is 1.73. The van der Waals surface area contributed by atoms with Crippen LogP contribution in [0.4, 0.5) is 0 Å². The van der Waals surface area contributed by atoms with Gasteiger partial charge in [-0.1, -0.05) is 19.9 Å². The lowest BCUT2D eigenvalue weighted by Crippen LogP contribution is -2.45. The molecule has 0 bridgehead atoms. The van der Waals surface area contributed by atoms with E-state index in [0.29, 0.717) is 40.2 Å². The van der Waals surface area contributed by atoms with Crippen molar-refractivity contribution in [1.82, 2.24) is 10.6 Å². The summed E-state index contributed by atoms with van der Waals surface area (Å²) in [6.45, 7) is 6.32. The number of thiocarbonyl (C=S) groups is 1. The third-order valence-electron chi connectivity index (χ3n) is 3.56. The molecule has 2 rings (SSSR count). The van der Waals surface area contributed by atoms with Gasteiger partial charge in [-0.25, -0.2) is 4.79 Å². The first-order valence-corrected chi connectivity index (χ1v) is 8.06. The molecule has 0 fully saturated rings. The first kappa shape index (κ1) is 18.1. The van der Waals surface area contributed by atoms with Crippen molar-refractivity contribution in [3.63, 3.8) is 0 Å². The Hall–Kier alpha value is -2.28. The van der Waals surface area contributed by atoms with Crippen LogP contribution < -0.4 is 15.4 Å². The number of carbonyl (C=O) groups excluding carboxylic acids is 1. The van der Waals surface area contributed by atoms with E-state index in [2.05, 4.69) is 10.6 Å². The van der Waals surface area contributed by atoms with E-state index < -0.39 is 12.0 Å². The third kappa shape index (κ3) is 3.97. The number of phenols is 1. The molecule has 0 saturated carbocycles. The van der Waals surface area contributed by atoms with Crippen LogP contribution in [-0.4, -0.2) is 29.9 Å². The summed E-state index contributed by atoms with van der Waals surface area (Å²) in [6, 6.07) is 4.54. The first-order chi connectivity index (χ1) is 11.3. The van der Waals surface area contributed by atoms with E-state index >= 15 is 0 Å². The molecule has 3 N–H and O–H groups in total. The van der Waals surface area contributed by atoms with Crippen LogP contribution in [0.3, 0.4) is 0 Å². The highest BCUT2D eigenvalue weighted by molar-refractivity contribution is 7.80. The lowest BCUT2D eigenvalue weighted by Gasteiger charge is -2.29. The zero-order valence-corrected chi connectivity index (χ0v) is 15.0. The Bertz CT molecular complexity index is 685. The quantitative estimate of drug-likeness (QED) is 0.556. The van der Waals surface area contributed by atoms with E-state index in [9.17, 15) is 9.90 Å². The van der Waals surface area contributed by atoms with Crippen LogP contribution in [0.25, 0.3) is 0 Å². The van der Waals surface area contributed by atoms with Gasteiger partial charge < -0.3 is 25.2 Å². The van der Waals surface area contributed by atoms with E-state index in [1.165, 1.54) is 7.11 Å². The van der Waals surface area contributed by atoms with Gasteiger partial charge in [-0.3, -0.25) is 0 Å². The van der Waals surface area contributed by atoms with Gasteiger partial charge in [0.15, 0.2) is 16.6 Å². The van der Waals surface area contributed by atoms with Crippen LogP contribution in [0.2, 0.25) is 0 Å². The molecule has 130 valence electrons. The van der Waals surface area contributed by atoms with Gasteiger partial charge >= 0.3 is 5.97 Å². The molecule has 1 aliphatic rings. The summed E-state index contributed by atoms with van der Waals surface area (Å²) in [7, 11) is 1.33. The molecule has 7 heteroatoms. The fourth-order valence-corrected chi connectivity index (χ4v) is 2.69. The second kappa shape index (κ2) is 7.53. The molecule has 0 spiro atoms. The number of nitrogens with one attached hydrogen (secondary N) is 2. The zero-order chi connectivity index (χ0) is 17.9. The average Bonchev–Trinajstić information content (AvgIpc) is 2.52. The SMILES string of the molecule is COC(=O)C1=C(C)NC(=S)N[C@@H]1c1ccc(OCC(C)C)c(O)c1. The van der Waals surface area contributed by atoms with Crippen molar-refractivity contribution in [3.8, 4) is 11.5 Å². The molecule has 1 aromatic rings. The molecule has 6 nitrogen and oxygen atoms in total. The third-order valence-corrected chi connectivity index (χ3v) is 3.78. The largest absolute Gasteiger partial charge is 0.504 e. The lowest BCUT2D eigenvalue weighted by molar-refractivity contribution is -0.136. The number of aromatic hydroxyl groups is 1. The minimum atomic E-state index is -0.503. The van der Waals surface area contributed by atoms with Gasteiger partial charge in [-0.2, -0.15) is 0 Å². The van der Waals surface area contributed by atoms with Gasteiger partial charge in [-0.05, 0) is 42.8 Å². The molecule has 1 atom stereocenters.